The van der Waals surface area contributed by atoms with Gasteiger partial charge in [0.25, 0.3) is 0 Å². The molecule has 4 rings (SSSR count). The first-order valence-electron chi connectivity index (χ1n) is 14.4. The van der Waals surface area contributed by atoms with Gasteiger partial charge in [-0.3, -0.25) is 18.4 Å². The van der Waals surface area contributed by atoms with Crippen LogP contribution in [0.15, 0.2) is 79.1 Å². The fourth-order valence-electron chi connectivity index (χ4n) is 4.70. The van der Waals surface area contributed by atoms with Crippen molar-refractivity contribution in [2.45, 2.75) is 27.0 Å². The number of anilines is 1. The van der Waals surface area contributed by atoms with Gasteiger partial charge in [-0.05, 0) is 76.3 Å². The number of benzene rings is 2. The molecule has 44 heavy (non-hydrogen) atoms. The van der Waals surface area contributed by atoms with Crippen LogP contribution in [0.25, 0.3) is 33.3 Å². The third-order valence-corrected chi connectivity index (χ3v) is 8.56. The van der Waals surface area contributed by atoms with Crippen LogP contribution in [-0.2, 0) is 22.9 Å². The Hall–Kier alpha value is -4.10. The molecule has 1 atom stereocenters. The van der Waals surface area contributed by atoms with E-state index in [1.807, 2.05) is 79.8 Å². The molecular weight excluding hydrogens is 577 g/mol. The molecule has 1 unspecified atom stereocenters. The van der Waals surface area contributed by atoms with Crippen LogP contribution >= 0.6 is 7.82 Å². The highest BCUT2D eigenvalue weighted by Gasteiger charge is 2.30. The maximum atomic E-state index is 13.2. The van der Waals surface area contributed by atoms with Crippen LogP contribution in [0.1, 0.15) is 32.6 Å². The van der Waals surface area contributed by atoms with Crippen molar-refractivity contribution in [2.75, 3.05) is 45.8 Å². The maximum Gasteiger partial charge on any atom is 0.476 e. The molecule has 0 aliphatic rings. The number of fused-ring (bicyclic) bond motifs is 1. The van der Waals surface area contributed by atoms with Gasteiger partial charge in [0.05, 0.1) is 24.8 Å². The van der Waals surface area contributed by atoms with Gasteiger partial charge in [0.15, 0.2) is 0 Å². The standard InChI is InChI=1S/C33H38N5O5P/c1-7-41-44(40,42-8-2)43-24(3)38-23-31(27-14-9-12-25(18-27)21-34)30-20-28(22-35-33(30)38)26-13-10-15-29(19-26)37(6)32(39)16-11-17-36(4)5/h9-16,18-20,22-24H,7-8,17H2,1-6H3/b16-11+. The van der Waals surface area contributed by atoms with Crippen LogP contribution in [0.2, 0.25) is 0 Å². The predicted octanol–water partition coefficient (Wildman–Crippen LogP) is 7.04. The van der Waals surface area contributed by atoms with Crippen LogP contribution in [0.3, 0.4) is 0 Å². The first-order chi connectivity index (χ1) is 21.1. The Morgan fingerprint density at radius 2 is 1.75 bits per heavy atom. The molecule has 2 aromatic carbocycles. The molecule has 11 heteroatoms. The second-order valence-electron chi connectivity index (χ2n) is 10.3. The number of nitrogens with zero attached hydrogens (tertiary/aromatic N) is 5. The van der Waals surface area contributed by atoms with E-state index in [1.54, 1.807) is 55.6 Å². The van der Waals surface area contributed by atoms with E-state index in [2.05, 4.69) is 6.07 Å². The Morgan fingerprint density at radius 1 is 1.05 bits per heavy atom. The first-order valence-corrected chi connectivity index (χ1v) is 15.8. The molecule has 0 aliphatic heterocycles. The molecule has 0 N–H and O–H groups in total. The van der Waals surface area contributed by atoms with Gasteiger partial charge in [0, 0.05) is 54.3 Å². The van der Waals surface area contributed by atoms with E-state index in [9.17, 15) is 14.6 Å². The number of hydrogen-bond acceptors (Lipinski definition) is 8. The molecule has 2 aromatic heterocycles. The summed E-state index contributed by atoms with van der Waals surface area (Å²) in [7, 11) is 1.82. The molecule has 0 bridgehead atoms. The molecule has 0 radical (unpaired) electrons. The number of likely N-dealkylation sites (N-methyl/N-ethyl adjacent to an activating group) is 2. The first kappa shape index (κ1) is 32.8. The summed E-state index contributed by atoms with van der Waals surface area (Å²) < 4.78 is 31.5. The molecule has 10 nitrogen and oxygen atoms in total. The van der Waals surface area contributed by atoms with E-state index in [0.717, 1.165) is 33.3 Å². The van der Waals surface area contributed by atoms with E-state index in [-0.39, 0.29) is 19.1 Å². The summed E-state index contributed by atoms with van der Waals surface area (Å²) >= 11 is 0. The molecule has 0 saturated heterocycles. The SMILES string of the molecule is CCOP(=O)(OCC)OC(C)n1cc(-c2cccc(C#N)c2)c2cc(-c3cccc(N(C)C(=O)/C=C/CN(C)C)c3)cnc21. The molecule has 0 spiro atoms. The number of nitriles is 1. The average Bonchev–Trinajstić information content (AvgIpc) is 3.40. The fraction of sp³-hybridized carbons (Fsp3) is 0.303. The van der Waals surface area contributed by atoms with Crippen LogP contribution in [0, 0.1) is 11.3 Å². The highest BCUT2D eigenvalue weighted by Crippen LogP contribution is 2.52. The Kier molecular flexibility index (Phi) is 10.9. The second-order valence-corrected chi connectivity index (χ2v) is 12.0. The molecule has 230 valence electrons. The monoisotopic (exact) mass is 615 g/mol. The normalized spacial score (nSPS) is 12.6. The quantitative estimate of drug-likeness (QED) is 0.116. The summed E-state index contributed by atoms with van der Waals surface area (Å²) in [6, 6.07) is 19.2. The lowest BCUT2D eigenvalue weighted by Crippen LogP contribution is -2.24. The number of carbonyl (C=O) groups excluding carboxylic acids is 1. The van der Waals surface area contributed by atoms with Crippen LogP contribution < -0.4 is 4.90 Å². The number of phosphoric ester groups is 1. The van der Waals surface area contributed by atoms with E-state index < -0.39 is 14.1 Å². The van der Waals surface area contributed by atoms with Crippen LogP contribution in [-0.4, -0.2) is 61.3 Å². The van der Waals surface area contributed by atoms with Crippen LogP contribution in [0.5, 0.6) is 0 Å². The van der Waals surface area contributed by atoms with Crippen LogP contribution in [0.4, 0.5) is 5.69 Å². The lowest BCUT2D eigenvalue weighted by molar-refractivity contribution is -0.113. The van der Waals surface area contributed by atoms with Crippen molar-refractivity contribution in [3.63, 3.8) is 0 Å². The number of aromatic nitrogens is 2. The van der Waals surface area contributed by atoms with Gasteiger partial charge in [-0.25, -0.2) is 9.55 Å². The lowest BCUT2D eigenvalue weighted by atomic mass is 10.0. The third-order valence-electron chi connectivity index (χ3n) is 6.85. The summed E-state index contributed by atoms with van der Waals surface area (Å²) in [5.41, 5.74) is 5.20. The van der Waals surface area contributed by atoms with Gasteiger partial charge in [-0.1, -0.05) is 30.3 Å². The Labute approximate surface area is 258 Å². The summed E-state index contributed by atoms with van der Waals surface area (Å²) in [5.74, 6) is -0.125. The zero-order valence-electron chi connectivity index (χ0n) is 25.9. The largest absolute Gasteiger partial charge is 0.476 e. The van der Waals surface area contributed by atoms with Gasteiger partial charge in [0.1, 0.15) is 11.9 Å². The highest BCUT2D eigenvalue weighted by molar-refractivity contribution is 7.48. The Morgan fingerprint density at radius 3 is 2.43 bits per heavy atom. The van der Waals surface area contributed by atoms with Crippen molar-refractivity contribution in [3.8, 4) is 28.3 Å². The minimum Gasteiger partial charge on any atom is -0.312 e. The van der Waals surface area contributed by atoms with Crippen molar-refractivity contribution in [1.82, 2.24) is 14.5 Å². The minimum absolute atomic E-state index is 0.125. The van der Waals surface area contributed by atoms with Gasteiger partial charge >= 0.3 is 7.82 Å². The van der Waals surface area contributed by atoms with Crippen molar-refractivity contribution >= 4 is 30.5 Å². The van der Waals surface area contributed by atoms with Gasteiger partial charge < -0.3 is 14.4 Å². The smallest absolute Gasteiger partial charge is 0.312 e. The summed E-state index contributed by atoms with van der Waals surface area (Å²) in [5, 5.41) is 10.3. The molecular formula is C33H38N5O5P. The number of amides is 1. The van der Waals surface area contributed by atoms with Crippen molar-refractivity contribution in [3.05, 3.63) is 84.7 Å². The number of phosphoric acid groups is 1. The number of carbonyl (C=O) groups is 1. The Bertz CT molecular complexity index is 1730. The van der Waals surface area contributed by atoms with Gasteiger partial charge in [-0.2, -0.15) is 5.26 Å². The zero-order valence-corrected chi connectivity index (χ0v) is 26.8. The lowest BCUT2D eigenvalue weighted by Gasteiger charge is -2.22. The van der Waals surface area contributed by atoms with Gasteiger partial charge in [0.2, 0.25) is 5.91 Å². The van der Waals surface area contributed by atoms with Crippen molar-refractivity contribution in [1.29, 1.82) is 5.26 Å². The molecule has 0 saturated carbocycles. The van der Waals surface area contributed by atoms with E-state index >= 15 is 0 Å². The fourth-order valence-corrected chi connectivity index (χ4v) is 6.01. The topological polar surface area (TPSA) is 110 Å². The molecule has 1 amide bonds. The van der Waals surface area contributed by atoms with E-state index in [0.29, 0.717) is 17.8 Å². The van der Waals surface area contributed by atoms with Crippen molar-refractivity contribution in [2.24, 2.45) is 0 Å². The zero-order chi connectivity index (χ0) is 31.9. The second kappa shape index (κ2) is 14.6. The molecule has 2 heterocycles. The summed E-state index contributed by atoms with van der Waals surface area (Å²) in [4.78, 5) is 21.2. The summed E-state index contributed by atoms with van der Waals surface area (Å²) in [6.45, 7) is 6.19. The van der Waals surface area contributed by atoms with Crippen molar-refractivity contribution < 1.29 is 22.9 Å². The highest BCUT2D eigenvalue weighted by atomic mass is 31.2. The molecule has 4 aromatic rings. The number of pyridine rings is 1. The number of hydrogen-bond donors (Lipinski definition) is 0. The Balaban J connectivity index is 1.78. The average molecular weight is 616 g/mol. The van der Waals surface area contributed by atoms with E-state index in [1.165, 1.54) is 0 Å². The van der Waals surface area contributed by atoms with E-state index in [4.69, 9.17) is 18.6 Å². The number of rotatable bonds is 13. The third kappa shape index (κ3) is 7.69. The predicted molar refractivity (Wildman–Crippen MR) is 173 cm³/mol. The molecule has 0 fully saturated rings. The summed E-state index contributed by atoms with van der Waals surface area (Å²) in [6.07, 6.45) is 6.28. The maximum absolute atomic E-state index is 13.2. The minimum atomic E-state index is -3.82. The van der Waals surface area contributed by atoms with Gasteiger partial charge in [-0.15, -0.1) is 0 Å². The molecule has 0 aliphatic carbocycles.